The molecule has 0 fully saturated rings. The molecule has 0 unspecified atom stereocenters. The molecule has 3 amide bonds. The number of nitrogens with zero attached hydrogens (tertiary/aromatic N) is 3. The molecule has 2 aliphatic rings. The monoisotopic (exact) mass is 413 g/mol. The molecule has 2 heterocycles. The zero-order valence-corrected chi connectivity index (χ0v) is 18.7. The molecule has 1 aliphatic heterocycles. The van der Waals surface area contributed by atoms with Gasteiger partial charge in [-0.3, -0.25) is 14.7 Å². The quantitative estimate of drug-likeness (QED) is 0.655. The van der Waals surface area contributed by atoms with E-state index < -0.39 is 6.03 Å². The van der Waals surface area contributed by atoms with Crippen molar-refractivity contribution >= 4 is 23.7 Å². The summed E-state index contributed by atoms with van der Waals surface area (Å²) < 4.78 is 0. The molecule has 5 heteroatoms. The Morgan fingerprint density at radius 1 is 1.03 bits per heavy atom. The molecule has 4 rings (SSSR count). The summed E-state index contributed by atoms with van der Waals surface area (Å²) in [5.74, 6) is -0.382. The second-order valence-electron chi connectivity index (χ2n) is 9.47. The third-order valence-corrected chi connectivity index (χ3v) is 6.15. The van der Waals surface area contributed by atoms with Crippen LogP contribution in [0, 0.1) is 6.92 Å². The number of rotatable bonds is 4. The molecule has 1 aliphatic carbocycles. The van der Waals surface area contributed by atoms with Crippen molar-refractivity contribution in [3.8, 4) is 0 Å². The van der Waals surface area contributed by atoms with Gasteiger partial charge in [-0.1, -0.05) is 76.8 Å². The van der Waals surface area contributed by atoms with E-state index in [2.05, 4.69) is 64.4 Å². The van der Waals surface area contributed by atoms with Gasteiger partial charge < -0.3 is 0 Å². The predicted octanol–water partition coefficient (Wildman–Crippen LogP) is 5.11. The van der Waals surface area contributed by atoms with Crippen LogP contribution in [0.3, 0.4) is 0 Å². The minimum Gasteiger partial charge on any atom is -0.267 e. The largest absolute Gasteiger partial charge is 0.350 e. The Kier molecular flexibility index (Phi) is 4.80. The van der Waals surface area contributed by atoms with E-state index in [1.54, 1.807) is 0 Å². The van der Waals surface area contributed by atoms with Crippen molar-refractivity contribution in [2.24, 2.45) is 4.99 Å². The fourth-order valence-electron chi connectivity index (χ4n) is 4.11. The van der Waals surface area contributed by atoms with E-state index in [1.807, 2.05) is 24.3 Å². The average Bonchev–Trinajstić information content (AvgIpc) is 3.03. The number of carbonyl (C=O) groups is 2. The first-order chi connectivity index (χ1) is 14.5. The number of aryl methyl sites for hydroxylation is 1. The Labute approximate surface area is 183 Å². The third-order valence-electron chi connectivity index (χ3n) is 6.15. The third kappa shape index (κ3) is 3.65. The van der Waals surface area contributed by atoms with Crippen LogP contribution in [0.15, 0.2) is 54.1 Å². The number of aliphatic imine (C=N–C) groups is 1. The summed E-state index contributed by atoms with van der Waals surface area (Å²) in [5.41, 5.74) is 6.79. The van der Waals surface area contributed by atoms with E-state index in [0.717, 1.165) is 44.8 Å². The Hall–Kier alpha value is -3.34. The number of hydrogen-bond acceptors (Lipinski definition) is 3. The fourth-order valence-corrected chi connectivity index (χ4v) is 4.11. The van der Waals surface area contributed by atoms with Crippen LogP contribution >= 0.6 is 0 Å². The summed E-state index contributed by atoms with van der Waals surface area (Å²) in [4.78, 5) is 33.2. The van der Waals surface area contributed by atoms with Crippen LogP contribution in [0.25, 0.3) is 5.57 Å². The van der Waals surface area contributed by atoms with E-state index in [1.165, 1.54) is 5.56 Å². The number of amides is 3. The number of carbonyl (C=O) groups excluding carboxylic acids is 2. The smallest absolute Gasteiger partial charge is 0.267 e. The average molecular weight is 414 g/mol. The van der Waals surface area contributed by atoms with Gasteiger partial charge in [-0.2, -0.15) is 4.99 Å². The molecule has 158 valence electrons. The second-order valence-corrected chi connectivity index (χ2v) is 9.47. The minimum atomic E-state index is -0.521. The molecule has 0 saturated heterocycles. The van der Waals surface area contributed by atoms with E-state index in [-0.39, 0.29) is 23.3 Å². The molecule has 0 bridgehead atoms. The second kappa shape index (κ2) is 7.12. The standard InChI is InChI=1S/C26H27N3O2/c1-16-13-20-23(26(5,6)12-11-25(20,3)4)28-22(16)17(2)19-9-7-18(8-10-19)15-29-21(30)14-27-24(29)31/h7-14H,2,15H2,1,3-6H3. The fraction of sp³-hybridized carbons (Fsp3) is 0.308. The van der Waals surface area contributed by atoms with Gasteiger partial charge in [0, 0.05) is 16.4 Å². The van der Waals surface area contributed by atoms with Crippen LogP contribution in [0.5, 0.6) is 0 Å². The van der Waals surface area contributed by atoms with Gasteiger partial charge in [0.25, 0.3) is 5.91 Å². The predicted molar refractivity (Wildman–Crippen MR) is 123 cm³/mol. The molecular formula is C26H27N3O2. The number of fused-ring (bicyclic) bond motifs is 1. The zero-order valence-electron chi connectivity index (χ0n) is 18.7. The summed E-state index contributed by atoms with van der Waals surface area (Å²) in [6.07, 6.45) is 5.56. The van der Waals surface area contributed by atoms with E-state index in [0.29, 0.717) is 0 Å². The molecule has 31 heavy (non-hydrogen) atoms. The Morgan fingerprint density at radius 3 is 2.29 bits per heavy atom. The van der Waals surface area contributed by atoms with Gasteiger partial charge in [-0.25, -0.2) is 4.79 Å². The summed E-state index contributed by atoms with van der Waals surface area (Å²) in [6.45, 7) is 15.4. The molecular weight excluding hydrogens is 386 g/mol. The van der Waals surface area contributed by atoms with Gasteiger partial charge in [0.1, 0.15) is 0 Å². The molecule has 0 atom stereocenters. The van der Waals surface area contributed by atoms with Crippen LogP contribution < -0.4 is 0 Å². The molecule has 5 nitrogen and oxygen atoms in total. The molecule has 1 aromatic carbocycles. The van der Waals surface area contributed by atoms with Crippen LogP contribution in [-0.4, -0.2) is 28.0 Å². The first-order valence-corrected chi connectivity index (χ1v) is 10.4. The Bertz CT molecular complexity index is 1150. The Morgan fingerprint density at radius 2 is 1.68 bits per heavy atom. The van der Waals surface area contributed by atoms with Crippen LogP contribution in [0.1, 0.15) is 61.3 Å². The van der Waals surface area contributed by atoms with Crippen molar-refractivity contribution in [1.29, 1.82) is 0 Å². The number of urea groups is 1. The topological polar surface area (TPSA) is 62.6 Å². The van der Waals surface area contributed by atoms with Gasteiger partial charge in [-0.05, 0) is 29.2 Å². The lowest BCUT2D eigenvalue weighted by molar-refractivity contribution is -0.120. The first-order valence-electron chi connectivity index (χ1n) is 10.4. The number of aromatic nitrogens is 1. The van der Waals surface area contributed by atoms with E-state index in [4.69, 9.17) is 4.98 Å². The maximum absolute atomic E-state index is 11.7. The van der Waals surface area contributed by atoms with Gasteiger partial charge in [0.2, 0.25) is 0 Å². The highest BCUT2D eigenvalue weighted by Crippen LogP contribution is 2.41. The highest BCUT2D eigenvalue weighted by molar-refractivity contribution is 6.35. The normalized spacial score (nSPS) is 18.4. The van der Waals surface area contributed by atoms with Crippen molar-refractivity contribution in [2.75, 3.05) is 0 Å². The number of benzene rings is 1. The highest BCUT2D eigenvalue weighted by atomic mass is 16.2. The zero-order chi connectivity index (χ0) is 22.6. The lowest BCUT2D eigenvalue weighted by Crippen LogP contribution is -2.31. The lowest BCUT2D eigenvalue weighted by Gasteiger charge is -2.36. The highest BCUT2D eigenvalue weighted by Gasteiger charge is 2.35. The van der Waals surface area contributed by atoms with E-state index >= 15 is 0 Å². The summed E-state index contributed by atoms with van der Waals surface area (Å²) in [7, 11) is 0. The Balaban J connectivity index is 1.63. The van der Waals surface area contributed by atoms with Crippen molar-refractivity contribution in [3.05, 3.63) is 82.7 Å². The molecule has 1 aromatic heterocycles. The van der Waals surface area contributed by atoms with Crippen LogP contribution in [0.2, 0.25) is 0 Å². The number of imide groups is 1. The van der Waals surface area contributed by atoms with E-state index in [9.17, 15) is 9.59 Å². The van der Waals surface area contributed by atoms with Crippen LogP contribution in [0.4, 0.5) is 4.79 Å². The minimum absolute atomic E-state index is 0.0573. The summed E-state index contributed by atoms with van der Waals surface area (Å²) in [5, 5.41) is 0. The molecule has 2 aromatic rings. The maximum Gasteiger partial charge on any atom is 0.350 e. The summed E-state index contributed by atoms with van der Waals surface area (Å²) in [6, 6.07) is 9.45. The SMILES string of the molecule is C=C(c1ccc(CN2C(=O)C=NC2=O)cc1)c1nc2c(cc1C)C(C)(C)C=CC2(C)C. The van der Waals surface area contributed by atoms with Gasteiger partial charge in [-0.15, -0.1) is 0 Å². The van der Waals surface area contributed by atoms with Crippen molar-refractivity contribution in [1.82, 2.24) is 9.88 Å². The van der Waals surface area contributed by atoms with Gasteiger partial charge >= 0.3 is 6.03 Å². The molecule has 0 radical (unpaired) electrons. The lowest BCUT2D eigenvalue weighted by atomic mass is 9.70. The van der Waals surface area contributed by atoms with Crippen LogP contribution in [-0.2, 0) is 22.2 Å². The van der Waals surface area contributed by atoms with Crippen molar-refractivity contribution < 1.29 is 9.59 Å². The number of hydrogen-bond donors (Lipinski definition) is 0. The van der Waals surface area contributed by atoms with Gasteiger partial charge in [0.15, 0.2) is 0 Å². The molecule has 0 spiro atoms. The summed E-state index contributed by atoms with van der Waals surface area (Å²) >= 11 is 0. The van der Waals surface area contributed by atoms with Crippen molar-refractivity contribution in [2.45, 2.75) is 52.0 Å². The van der Waals surface area contributed by atoms with Gasteiger partial charge in [0.05, 0.1) is 24.1 Å². The number of allylic oxidation sites excluding steroid dienone is 2. The number of pyridine rings is 1. The first kappa shape index (κ1) is 20.9. The molecule has 0 N–H and O–H groups in total. The maximum atomic E-state index is 11.7. The molecule has 0 saturated carbocycles. The van der Waals surface area contributed by atoms with Crippen molar-refractivity contribution in [3.63, 3.8) is 0 Å².